The number of likely N-dealkylation sites (N-methyl/N-ethyl adjacent to an activating group) is 1. The number of methoxy groups -OCH3 is 1. The Balaban J connectivity index is 1.84. The lowest BCUT2D eigenvalue weighted by Gasteiger charge is -2.30. The molecular weight excluding hydrogens is 266 g/mol. The predicted octanol–water partition coefficient (Wildman–Crippen LogP) is 1.08. The van der Waals surface area contributed by atoms with Crippen molar-refractivity contribution in [2.45, 2.75) is 25.4 Å². The van der Waals surface area contributed by atoms with Gasteiger partial charge in [0.05, 0.1) is 13.7 Å². The maximum atomic E-state index is 12.3. The Hall–Kier alpha value is -1.59. The van der Waals surface area contributed by atoms with E-state index in [0.29, 0.717) is 19.1 Å². The van der Waals surface area contributed by atoms with Crippen molar-refractivity contribution >= 4 is 5.91 Å². The number of nitrogens with two attached hydrogens (primary N) is 1. The van der Waals surface area contributed by atoms with Gasteiger partial charge in [-0.3, -0.25) is 9.69 Å². The average Bonchev–Trinajstić information content (AvgIpc) is 2.49. The predicted molar refractivity (Wildman–Crippen MR) is 83.1 cm³/mol. The SMILES string of the molecule is COc1cccc(CN(C)C(=O)CN2CCC(N)CC2)c1. The van der Waals surface area contributed by atoms with Gasteiger partial charge in [0, 0.05) is 32.7 Å². The molecule has 2 rings (SSSR count). The van der Waals surface area contributed by atoms with Crippen LogP contribution < -0.4 is 10.5 Å². The third-order valence-electron chi connectivity index (χ3n) is 3.97. The topological polar surface area (TPSA) is 58.8 Å². The van der Waals surface area contributed by atoms with Crippen LogP contribution in [0.2, 0.25) is 0 Å². The molecule has 0 atom stereocenters. The standard InChI is InChI=1S/C16H25N3O2/c1-18(11-13-4-3-5-15(10-13)21-2)16(20)12-19-8-6-14(17)7-9-19/h3-5,10,14H,6-9,11-12,17H2,1-2H3. The zero-order valence-electron chi connectivity index (χ0n) is 12.9. The number of piperidine rings is 1. The number of nitrogens with zero attached hydrogens (tertiary/aromatic N) is 2. The van der Waals surface area contributed by atoms with E-state index in [4.69, 9.17) is 10.5 Å². The number of hydrogen-bond acceptors (Lipinski definition) is 4. The highest BCUT2D eigenvalue weighted by molar-refractivity contribution is 5.78. The molecule has 5 nitrogen and oxygen atoms in total. The van der Waals surface area contributed by atoms with E-state index in [1.807, 2.05) is 31.3 Å². The van der Waals surface area contributed by atoms with Crippen molar-refractivity contribution in [3.63, 3.8) is 0 Å². The number of benzene rings is 1. The van der Waals surface area contributed by atoms with Crippen molar-refractivity contribution in [1.82, 2.24) is 9.80 Å². The smallest absolute Gasteiger partial charge is 0.236 e. The van der Waals surface area contributed by atoms with Crippen molar-refractivity contribution < 1.29 is 9.53 Å². The van der Waals surface area contributed by atoms with E-state index in [-0.39, 0.29) is 5.91 Å². The molecule has 0 aromatic heterocycles. The summed E-state index contributed by atoms with van der Waals surface area (Å²) in [7, 11) is 3.49. The summed E-state index contributed by atoms with van der Waals surface area (Å²) in [6, 6.07) is 8.11. The number of carbonyl (C=O) groups excluding carboxylic acids is 1. The monoisotopic (exact) mass is 291 g/mol. The number of amides is 1. The molecule has 0 bridgehead atoms. The molecule has 0 spiro atoms. The van der Waals surface area contributed by atoms with Gasteiger partial charge in [-0.1, -0.05) is 12.1 Å². The molecule has 2 N–H and O–H groups in total. The maximum Gasteiger partial charge on any atom is 0.236 e. The summed E-state index contributed by atoms with van der Waals surface area (Å²) in [5.41, 5.74) is 6.96. The fourth-order valence-corrected chi connectivity index (χ4v) is 2.56. The minimum atomic E-state index is 0.147. The van der Waals surface area contributed by atoms with E-state index in [9.17, 15) is 4.79 Å². The van der Waals surface area contributed by atoms with Gasteiger partial charge in [-0.2, -0.15) is 0 Å². The van der Waals surface area contributed by atoms with Crippen LogP contribution in [0.5, 0.6) is 5.75 Å². The number of carbonyl (C=O) groups is 1. The van der Waals surface area contributed by atoms with E-state index in [2.05, 4.69) is 4.90 Å². The van der Waals surface area contributed by atoms with E-state index in [1.54, 1.807) is 12.0 Å². The molecule has 0 radical (unpaired) electrons. The molecule has 1 aliphatic rings. The van der Waals surface area contributed by atoms with Crippen molar-refractivity contribution in [2.75, 3.05) is 33.8 Å². The Kier molecular flexibility index (Phi) is 5.59. The van der Waals surface area contributed by atoms with Crippen LogP contribution in [0.3, 0.4) is 0 Å². The van der Waals surface area contributed by atoms with Gasteiger partial charge in [0.15, 0.2) is 0 Å². The summed E-state index contributed by atoms with van der Waals surface area (Å²) in [6.07, 6.45) is 1.96. The first-order valence-electron chi connectivity index (χ1n) is 7.43. The summed E-state index contributed by atoms with van der Waals surface area (Å²) >= 11 is 0. The summed E-state index contributed by atoms with van der Waals surface area (Å²) in [4.78, 5) is 16.2. The summed E-state index contributed by atoms with van der Waals surface area (Å²) in [6.45, 7) is 2.91. The minimum Gasteiger partial charge on any atom is -0.497 e. The van der Waals surface area contributed by atoms with Crippen LogP contribution in [0.15, 0.2) is 24.3 Å². The van der Waals surface area contributed by atoms with E-state index in [0.717, 1.165) is 37.2 Å². The van der Waals surface area contributed by atoms with Gasteiger partial charge in [0.1, 0.15) is 5.75 Å². The molecule has 1 fully saturated rings. The Bertz CT molecular complexity index is 470. The van der Waals surface area contributed by atoms with Gasteiger partial charge in [0.2, 0.25) is 5.91 Å². The highest BCUT2D eigenvalue weighted by Crippen LogP contribution is 2.14. The number of ether oxygens (including phenoxy) is 1. The molecule has 0 unspecified atom stereocenters. The van der Waals surface area contributed by atoms with E-state index < -0.39 is 0 Å². The van der Waals surface area contributed by atoms with Crippen molar-refractivity contribution in [2.24, 2.45) is 5.73 Å². The molecule has 1 heterocycles. The van der Waals surface area contributed by atoms with Gasteiger partial charge < -0.3 is 15.4 Å². The lowest BCUT2D eigenvalue weighted by molar-refractivity contribution is -0.131. The van der Waals surface area contributed by atoms with Crippen LogP contribution in [-0.4, -0.2) is 55.5 Å². The first-order chi connectivity index (χ1) is 10.1. The fourth-order valence-electron chi connectivity index (χ4n) is 2.56. The summed E-state index contributed by atoms with van der Waals surface area (Å²) in [5, 5.41) is 0. The summed E-state index contributed by atoms with van der Waals surface area (Å²) < 4.78 is 5.20. The molecule has 1 saturated heterocycles. The molecule has 116 valence electrons. The molecule has 1 aromatic carbocycles. The largest absolute Gasteiger partial charge is 0.497 e. The van der Waals surface area contributed by atoms with Crippen molar-refractivity contribution in [3.8, 4) is 5.75 Å². The lowest BCUT2D eigenvalue weighted by Crippen LogP contribution is -2.44. The highest BCUT2D eigenvalue weighted by atomic mass is 16.5. The summed E-state index contributed by atoms with van der Waals surface area (Å²) in [5.74, 6) is 0.964. The third-order valence-corrected chi connectivity index (χ3v) is 3.97. The molecule has 5 heteroatoms. The van der Waals surface area contributed by atoms with Crippen molar-refractivity contribution in [3.05, 3.63) is 29.8 Å². The molecule has 21 heavy (non-hydrogen) atoms. The van der Waals surface area contributed by atoms with Gasteiger partial charge in [-0.15, -0.1) is 0 Å². The molecule has 1 aromatic rings. The van der Waals surface area contributed by atoms with Gasteiger partial charge in [0.25, 0.3) is 0 Å². The van der Waals surface area contributed by atoms with Gasteiger partial charge in [-0.05, 0) is 30.5 Å². The van der Waals surface area contributed by atoms with Crippen LogP contribution in [0.4, 0.5) is 0 Å². The molecule has 0 aliphatic carbocycles. The first-order valence-corrected chi connectivity index (χ1v) is 7.43. The fraction of sp³-hybridized carbons (Fsp3) is 0.562. The zero-order valence-corrected chi connectivity index (χ0v) is 12.9. The van der Waals surface area contributed by atoms with Gasteiger partial charge in [-0.25, -0.2) is 0 Å². The minimum absolute atomic E-state index is 0.147. The lowest BCUT2D eigenvalue weighted by atomic mass is 10.1. The molecule has 1 aliphatic heterocycles. The highest BCUT2D eigenvalue weighted by Gasteiger charge is 2.19. The van der Waals surface area contributed by atoms with Crippen LogP contribution in [0.1, 0.15) is 18.4 Å². The Labute approximate surface area is 126 Å². The second-order valence-corrected chi connectivity index (χ2v) is 5.71. The molecule has 0 saturated carbocycles. The first kappa shape index (κ1) is 15.8. The van der Waals surface area contributed by atoms with Crippen molar-refractivity contribution in [1.29, 1.82) is 0 Å². The third kappa shape index (κ3) is 4.72. The normalized spacial score (nSPS) is 16.7. The Morgan fingerprint density at radius 3 is 2.81 bits per heavy atom. The quantitative estimate of drug-likeness (QED) is 0.882. The Morgan fingerprint density at radius 2 is 2.14 bits per heavy atom. The van der Waals surface area contributed by atoms with Crippen LogP contribution >= 0.6 is 0 Å². The average molecular weight is 291 g/mol. The zero-order chi connectivity index (χ0) is 15.2. The number of rotatable bonds is 5. The second kappa shape index (κ2) is 7.43. The van der Waals surface area contributed by atoms with Crippen LogP contribution in [0.25, 0.3) is 0 Å². The molecule has 1 amide bonds. The van der Waals surface area contributed by atoms with Crippen LogP contribution in [0, 0.1) is 0 Å². The van der Waals surface area contributed by atoms with Crippen LogP contribution in [-0.2, 0) is 11.3 Å². The molecular formula is C16H25N3O2. The second-order valence-electron chi connectivity index (χ2n) is 5.71. The van der Waals surface area contributed by atoms with E-state index in [1.165, 1.54) is 0 Å². The number of hydrogen-bond donors (Lipinski definition) is 1. The maximum absolute atomic E-state index is 12.3. The van der Waals surface area contributed by atoms with Gasteiger partial charge >= 0.3 is 0 Å². The van der Waals surface area contributed by atoms with E-state index >= 15 is 0 Å². The number of likely N-dealkylation sites (tertiary alicyclic amines) is 1. The Morgan fingerprint density at radius 1 is 1.43 bits per heavy atom.